The largest absolute Gasteiger partial charge is 0.547 e. The minimum absolute atomic E-state index is 0.220. The molecular formula is C6H5NO3S. The Hall–Kier alpha value is -1.07. The SMILES string of the molecule is O=[N+]([O-])[S+]([O-])c1ccccc1. The predicted octanol–water partition coefficient (Wildman–Crippen LogP) is 0.986. The van der Waals surface area contributed by atoms with Gasteiger partial charge in [-0.1, -0.05) is 18.2 Å². The van der Waals surface area contributed by atoms with Crippen molar-refractivity contribution in [2.24, 2.45) is 0 Å². The first kappa shape index (κ1) is 8.03. The molecule has 1 aromatic rings. The molecule has 0 N–H and O–H groups in total. The highest BCUT2D eigenvalue weighted by Crippen LogP contribution is 2.09. The van der Waals surface area contributed by atoms with Gasteiger partial charge >= 0.3 is 11.4 Å². The number of hydrogen-bond acceptors (Lipinski definition) is 3. The molecule has 4 nitrogen and oxygen atoms in total. The molecule has 0 aliphatic heterocycles. The molecule has 0 amide bonds. The lowest BCUT2D eigenvalue weighted by Crippen LogP contribution is -2.12. The van der Waals surface area contributed by atoms with Gasteiger partial charge in [0.2, 0.25) is 4.90 Å². The number of nitro groups is 1. The maximum Gasteiger partial charge on any atom is 0.340 e. The van der Waals surface area contributed by atoms with E-state index in [0.717, 1.165) is 0 Å². The van der Waals surface area contributed by atoms with Gasteiger partial charge in [0.05, 0.1) is 0 Å². The zero-order valence-corrected chi connectivity index (χ0v) is 6.28. The van der Waals surface area contributed by atoms with E-state index in [1.807, 2.05) is 0 Å². The Morgan fingerprint density at radius 2 is 1.82 bits per heavy atom. The van der Waals surface area contributed by atoms with Crippen LogP contribution >= 0.6 is 0 Å². The maximum atomic E-state index is 10.8. The van der Waals surface area contributed by atoms with Crippen molar-refractivity contribution in [3.8, 4) is 0 Å². The van der Waals surface area contributed by atoms with E-state index < -0.39 is 15.7 Å². The van der Waals surface area contributed by atoms with Gasteiger partial charge in [0.1, 0.15) is 0 Å². The van der Waals surface area contributed by atoms with Crippen LogP contribution in [-0.2, 0) is 11.4 Å². The van der Waals surface area contributed by atoms with Crippen molar-refractivity contribution in [1.82, 2.24) is 0 Å². The second-order valence-corrected chi connectivity index (χ2v) is 3.05. The van der Waals surface area contributed by atoms with E-state index in [4.69, 9.17) is 0 Å². The van der Waals surface area contributed by atoms with Crippen LogP contribution in [0.5, 0.6) is 0 Å². The van der Waals surface area contributed by atoms with Crippen LogP contribution in [-0.4, -0.2) is 8.88 Å². The summed E-state index contributed by atoms with van der Waals surface area (Å²) in [6, 6.07) is 7.84. The third kappa shape index (κ3) is 1.92. The Labute approximate surface area is 66.3 Å². The van der Waals surface area contributed by atoms with E-state index in [9.17, 15) is 14.7 Å². The normalized spacial score (nSPS) is 12.5. The Balaban J connectivity index is 2.85. The fourth-order valence-electron chi connectivity index (χ4n) is 0.623. The third-order valence-corrected chi connectivity index (χ3v) is 2.03. The van der Waals surface area contributed by atoms with Gasteiger partial charge in [-0.15, -0.1) is 0 Å². The first-order valence-corrected chi connectivity index (χ1v) is 3.94. The predicted molar refractivity (Wildman–Crippen MR) is 39.8 cm³/mol. The van der Waals surface area contributed by atoms with Crippen LogP contribution in [0.1, 0.15) is 0 Å². The number of rotatable bonds is 2. The molecular weight excluding hydrogens is 166 g/mol. The van der Waals surface area contributed by atoms with Gasteiger partial charge in [-0.2, -0.15) is 0 Å². The molecule has 0 radical (unpaired) electrons. The fourth-order valence-corrected chi connectivity index (χ4v) is 1.19. The summed E-state index contributed by atoms with van der Waals surface area (Å²) in [6.45, 7) is 0. The Bertz CT molecular complexity index is 251. The quantitative estimate of drug-likeness (QED) is 0.378. The standard InChI is InChI=1S/C6H5NO3S/c8-7(9)11(10)6-4-2-1-3-5-6/h1-5H. The van der Waals surface area contributed by atoms with Gasteiger partial charge in [0.15, 0.2) is 0 Å². The van der Waals surface area contributed by atoms with Crippen LogP contribution < -0.4 is 0 Å². The highest BCUT2D eigenvalue weighted by molar-refractivity contribution is 7.85. The van der Waals surface area contributed by atoms with E-state index in [0.29, 0.717) is 0 Å². The van der Waals surface area contributed by atoms with Gasteiger partial charge in [-0.05, 0) is 0 Å². The third-order valence-electron chi connectivity index (χ3n) is 1.08. The van der Waals surface area contributed by atoms with Gasteiger partial charge in [-0.3, -0.25) is 0 Å². The summed E-state index contributed by atoms with van der Waals surface area (Å²) in [6.07, 6.45) is 0. The summed E-state index contributed by atoms with van der Waals surface area (Å²) in [7, 11) is 0. The van der Waals surface area contributed by atoms with Crippen LogP contribution in [0.2, 0.25) is 0 Å². The maximum absolute atomic E-state index is 10.8. The first-order chi connectivity index (χ1) is 5.22. The number of nitrogens with zero attached hydrogens (tertiary/aromatic N) is 1. The molecule has 1 rings (SSSR count). The van der Waals surface area contributed by atoms with Crippen LogP contribution in [0.25, 0.3) is 0 Å². The molecule has 0 saturated heterocycles. The second kappa shape index (κ2) is 3.36. The van der Waals surface area contributed by atoms with E-state index >= 15 is 0 Å². The summed E-state index contributed by atoms with van der Waals surface area (Å²) < 4.78 is 9.93. The lowest BCUT2D eigenvalue weighted by molar-refractivity contribution is -0.305. The zero-order valence-electron chi connectivity index (χ0n) is 5.47. The van der Waals surface area contributed by atoms with Crippen molar-refractivity contribution in [3.05, 3.63) is 40.4 Å². The van der Waals surface area contributed by atoms with Crippen molar-refractivity contribution < 1.29 is 8.88 Å². The Morgan fingerprint density at radius 3 is 2.27 bits per heavy atom. The average Bonchev–Trinajstić information content (AvgIpc) is 2.05. The molecule has 1 unspecified atom stereocenters. The fraction of sp³-hybridized carbons (Fsp3) is 0. The smallest absolute Gasteiger partial charge is 0.340 e. The van der Waals surface area contributed by atoms with Crippen molar-refractivity contribution in [1.29, 1.82) is 0 Å². The molecule has 0 spiro atoms. The van der Waals surface area contributed by atoms with E-state index in [1.165, 1.54) is 12.1 Å². The van der Waals surface area contributed by atoms with Crippen LogP contribution in [0, 0.1) is 10.1 Å². The number of hydrogen-bond donors (Lipinski definition) is 0. The molecule has 0 fully saturated rings. The molecule has 0 aliphatic rings. The van der Waals surface area contributed by atoms with Gasteiger partial charge in [0.25, 0.3) is 4.33 Å². The summed E-state index contributed by atoms with van der Waals surface area (Å²) in [5, 5.41) is 10.0. The highest BCUT2D eigenvalue weighted by atomic mass is 32.2. The average molecular weight is 171 g/mol. The topological polar surface area (TPSA) is 66.2 Å². The Morgan fingerprint density at radius 1 is 1.27 bits per heavy atom. The minimum atomic E-state index is -2.11. The second-order valence-electron chi connectivity index (χ2n) is 1.79. The molecule has 0 aromatic heterocycles. The minimum Gasteiger partial charge on any atom is -0.547 e. The summed E-state index contributed by atoms with van der Waals surface area (Å²) >= 11 is -2.11. The Kier molecular flexibility index (Phi) is 2.45. The highest BCUT2D eigenvalue weighted by Gasteiger charge is 2.23. The van der Waals surface area contributed by atoms with Gasteiger partial charge < -0.3 is 4.55 Å². The van der Waals surface area contributed by atoms with Crippen LogP contribution in [0.4, 0.5) is 0 Å². The van der Waals surface area contributed by atoms with E-state index in [2.05, 4.69) is 0 Å². The monoisotopic (exact) mass is 171 g/mol. The molecule has 0 saturated carbocycles. The molecule has 11 heavy (non-hydrogen) atoms. The zero-order chi connectivity index (χ0) is 8.27. The number of benzene rings is 1. The van der Waals surface area contributed by atoms with Crippen molar-refractivity contribution in [2.75, 3.05) is 0 Å². The van der Waals surface area contributed by atoms with Gasteiger partial charge in [0, 0.05) is 12.1 Å². The van der Waals surface area contributed by atoms with E-state index in [1.54, 1.807) is 18.2 Å². The summed E-state index contributed by atoms with van der Waals surface area (Å²) in [5.74, 6) is 0. The van der Waals surface area contributed by atoms with Crippen molar-refractivity contribution >= 4 is 11.4 Å². The molecule has 1 atom stereocenters. The van der Waals surface area contributed by atoms with E-state index in [-0.39, 0.29) is 4.90 Å². The lowest BCUT2D eigenvalue weighted by atomic mass is 10.4. The summed E-state index contributed by atoms with van der Waals surface area (Å²) in [4.78, 5) is 10.2. The molecule has 1 aromatic carbocycles. The van der Waals surface area contributed by atoms with Gasteiger partial charge in [-0.25, -0.2) is 10.1 Å². The van der Waals surface area contributed by atoms with Crippen LogP contribution in [0.15, 0.2) is 35.2 Å². The van der Waals surface area contributed by atoms with Crippen molar-refractivity contribution in [3.63, 3.8) is 0 Å². The molecule has 0 bridgehead atoms. The molecule has 5 heteroatoms. The van der Waals surface area contributed by atoms with Crippen LogP contribution in [0.3, 0.4) is 0 Å². The lowest BCUT2D eigenvalue weighted by Gasteiger charge is -1.95. The first-order valence-electron chi connectivity index (χ1n) is 2.83. The molecule has 0 aliphatic carbocycles. The van der Waals surface area contributed by atoms with Crippen molar-refractivity contribution in [2.45, 2.75) is 4.90 Å². The summed E-state index contributed by atoms with van der Waals surface area (Å²) in [5.41, 5.74) is 0. The molecule has 0 heterocycles. The molecule has 58 valence electrons.